The molecule has 0 fully saturated rings. The van der Waals surface area contributed by atoms with Gasteiger partial charge in [0.05, 0.1) is 6.61 Å². The molecule has 108 valence electrons. The van der Waals surface area contributed by atoms with Gasteiger partial charge in [0.15, 0.2) is 0 Å². The number of halogens is 1. The van der Waals surface area contributed by atoms with Gasteiger partial charge in [0, 0.05) is 24.4 Å². The third-order valence-electron chi connectivity index (χ3n) is 4.19. The molecule has 2 aromatic rings. The highest BCUT2D eigenvalue weighted by atomic mass is 19.1. The maximum absolute atomic E-state index is 13.3. The fourth-order valence-corrected chi connectivity index (χ4v) is 3.09. The van der Waals surface area contributed by atoms with Crippen molar-refractivity contribution in [2.45, 2.75) is 25.0 Å². The van der Waals surface area contributed by atoms with E-state index in [1.807, 2.05) is 12.1 Å². The van der Waals surface area contributed by atoms with Crippen molar-refractivity contribution < 1.29 is 13.9 Å². The van der Waals surface area contributed by atoms with Crippen LogP contribution in [0.1, 0.15) is 35.3 Å². The Hall–Kier alpha value is -2.07. The number of rotatable bonds is 1. The summed E-state index contributed by atoms with van der Waals surface area (Å²) in [6.45, 7) is 0.742. The van der Waals surface area contributed by atoms with E-state index in [0.717, 1.165) is 29.9 Å². The second-order valence-electron chi connectivity index (χ2n) is 5.60. The third-order valence-corrected chi connectivity index (χ3v) is 4.19. The van der Waals surface area contributed by atoms with Gasteiger partial charge in [0.1, 0.15) is 23.4 Å². The van der Waals surface area contributed by atoms with E-state index >= 15 is 0 Å². The lowest BCUT2D eigenvalue weighted by Crippen LogP contribution is -2.24. The Balaban J connectivity index is 1.67. The molecular formula is C17H16FNO2. The molecule has 4 rings (SSSR count). The Morgan fingerprint density at radius 2 is 1.95 bits per heavy atom. The van der Waals surface area contributed by atoms with Gasteiger partial charge in [0.2, 0.25) is 0 Å². The van der Waals surface area contributed by atoms with Crippen LogP contribution in [0.4, 0.5) is 4.39 Å². The molecule has 0 spiro atoms. The molecule has 3 nitrogen and oxygen atoms in total. The van der Waals surface area contributed by atoms with Gasteiger partial charge in [-0.25, -0.2) is 4.39 Å². The normalized spacial score (nSPS) is 23.0. The van der Waals surface area contributed by atoms with E-state index in [2.05, 4.69) is 6.07 Å². The fraction of sp³-hybridized carbons (Fsp3) is 0.294. The first-order valence-electron chi connectivity index (χ1n) is 7.18. The average molecular weight is 285 g/mol. The van der Waals surface area contributed by atoms with Crippen molar-refractivity contribution >= 4 is 0 Å². The lowest BCUT2D eigenvalue weighted by atomic mass is 9.92. The highest BCUT2D eigenvalue weighted by Gasteiger charge is 2.28. The van der Waals surface area contributed by atoms with E-state index in [1.165, 1.54) is 17.7 Å². The standard InChI is InChI=1S/C17H16FNO2/c18-12-2-4-16-13(8-12)14(19)9-17(21-16)10-1-3-15-11(7-10)5-6-20-15/h1-4,7-8,14,17H,5-6,9,19H2/t14-,17?/m1/s1. The molecule has 0 saturated heterocycles. The molecule has 0 amide bonds. The van der Waals surface area contributed by atoms with Crippen LogP contribution >= 0.6 is 0 Å². The highest BCUT2D eigenvalue weighted by molar-refractivity contribution is 5.43. The predicted octanol–water partition coefficient (Wildman–Crippen LogP) is 3.28. The van der Waals surface area contributed by atoms with Crippen molar-refractivity contribution in [2.75, 3.05) is 6.61 Å². The Bertz CT molecular complexity index is 701. The summed E-state index contributed by atoms with van der Waals surface area (Å²) in [5, 5.41) is 0. The molecule has 21 heavy (non-hydrogen) atoms. The van der Waals surface area contributed by atoms with Crippen molar-refractivity contribution in [1.82, 2.24) is 0 Å². The first-order chi connectivity index (χ1) is 10.2. The maximum Gasteiger partial charge on any atom is 0.126 e. The van der Waals surface area contributed by atoms with Crippen LogP contribution in [-0.2, 0) is 6.42 Å². The molecule has 2 aromatic carbocycles. The zero-order valence-electron chi connectivity index (χ0n) is 11.5. The quantitative estimate of drug-likeness (QED) is 0.874. The molecule has 0 saturated carbocycles. The van der Waals surface area contributed by atoms with Crippen LogP contribution in [0.2, 0.25) is 0 Å². The SMILES string of the molecule is N[C@@H]1CC(c2ccc3c(c2)CCO3)Oc2ccc(F)cc21. The van der Waals surface area contributed by atoms with Crippen LogP contribution in [0.5, 0.6) is 11.5 Å². The summed E-state index contributed by atoms with van der Waals surface area (Å²) in [7, 11) is 0. The van der Waals surface area contributed by atoms with Crippen molar-refractivity contribution in [1.29, 1.82) is 0 Å². The van der Waals surface area contributed by atoms with Gasteiger partial charge >= 0.3 is 0 Å². The predicted molar refractivity (Wildman–Crippen MR) is 77.0 cm³/mol. The van der Waals surface area contributed by atoms with Gasteiger partial charge in [-0.1, -0.05) is 6.07 Å². The zero-order chi connectivity index (χ0) is 14.4. The number of hydrogen-bond acceptors (Lipinski definition) is 3. The van der Waals surface area contributed by atoms with Crippen LogP contribution < -0.4 is 15.2 Å². The molecule has 2 aliphatic heterocycles. The summed E-state index contributed by atoms with van der Waals surface area (Å²) in [5.74, 6) is 1.36. The van der Waals surface area contributed by atoms with Crippen LogP contribution in [0.3, 0.4) is 0 Å². The molecule has 2 atom stereocenters. The maximum atomic E-state index is 13.3. The first-order valence-corrected chi connectivity index (χ1v) is 7.18. The number of hydrogen-bond donors (Lipinski definition) is 1. The van der Waals surface area contributed by atoms with Gasteiger partial charge in [-0.3, -0.25) is 0 Å². The third kappa shape index (κ3) is 2.16. The van der Waals surface area contributed by atoms with Gasteiger partial charge in [0.25, 0.3) is 0 Å². The van der Waals surface area contributed by atoms with E-state index < -0.39 is 0 Å². The Morgan fingerprint density at radius 1 is 1.10 bits per heavy atom. The molecule has 2 aliphatic rings. The molecule has 0 bridgehead atoms. The summed E-state index contributed by atoms with van der Waals surface area (Å²) in [6, 6.07) is 10.5. The molecule has 2 heterocycles. The topological polar surface area (TPSA) is 44.5 Å². The first kappa shape index (κ1) is 12.7. The second kappa shape index (κ2) is 4.74. The van der Waals surface area contributed by atoms with Crippen LogP contribution in [0.25, 0.3) is 0 Å². The number of benzene rings is 2. The number of nitrogens with two attached hydrogens (primary N) is 1. The fourth-order valence-electron chi connectivity index (χ4n) is 3.09. The minimum atomic E-state index is -0.277. The van der Waals surface area contributed by atoms with Crippen molar-refractivity contribution in [3.8, 4) is 11.5 Å². The van der Waals surface area contributed by atoms with E-state index in [4.69, 9.17) is 15.2 Å². The van der Waals surface area contributed by atoms with E-state index in [9.17, 15) is 4.39 Å². The van der Waals surface area contributed by atoms with Crippen LogP contribution in [-0.4, -0.2) is 6.61 Å². The summed E-state index contributed by atoms with van der Waals surface area (Å²) in [6.07, 6.45) is 1.49. The Kier molecular flexibility index (Phi) is 2.86. The Labute approximate surface area is 122 Å². The summed E-state index contributed by atoms with van der Waals surface area (Å²) in [4.78, 5) is 0. The van der Waals surface area contributed by atoms with Gasteiger partial charge in [-0.2, -0.15) is 0 Å². The second-order valence-corrected chi connectivity index (χ2v) is 5.60. The number of fused-ring (bicyclic) bond motifs is 2. The molecule has 0 aliphatic carbocycles. The smallest absolute Gasteiger partial charge is 0.126 e. The van der Waals surface area contributed by atoms with E-state index in [0.29, 0.717) is 12.2 Å². The lowest BCUT2D eigenvalue weighted by Gasteiger charge is -2.30. The molecule has 0 aromatic heterocycles. The Morgan fingerprint density at radius 3 is 2.86 bits per heavy atom. The van der Waals surface area contributed by atoms with Crippen molar-refractivity contribution in [3.63, 3.8) is 0 Å². The monoisotopic (exact) mass is 285 g/mol. The van der Waals surface area contributed by atoms with E-state index in [1.54, 1.807) is 6.07 Å². The molecule has 2 N–H and O–H groups in total. The molecular weight excluding hydrogens is 269 g/mol. The average Bonchev–Trinajstić information content (AvgIpc) is 2.95. The van der Waals surface area contributed by atoms with Crippen LogP contribution in [0.15, 0.2) is 36.4 Å². The molecule has 1 unspecified atom stereocenters. The minimum Gasteiger partial charge on any atom is -0.493 e. The van der Waals surface area contributed by atoms with Crippen molar-refractivity contribution in [2.24, 2.45) is 5.73 Å². The summed E-state index contributed by atoms with van der Waals surface area (Å²) in [5.41, 5.74) is 9.25. The minimum absolute atomic E-state index is 0.0936. The van der Waals surface area contributed by atoms with Gasteiger partial charge in [-0.15, -0.1) is 0 Å². The molecule has 0 radical (unpaired) electrons. The zero-order valence-corrected chi connectivity index (χ0v) is 11.5. The van der Waals surface area contributed by atoms with E-state index in [-0.39, 0.29) is 18.0 Å². The summed E-state index contributed by atoms with van der Waals surface area (Å²) < 4.78 is 24.9. The molecule has 4 heteroatoms. The van der Waals surface area contributed by atoms with Crippen molar-refractivity contribution in [3.05, 3.63) is 58.9 Å². The van der Waals surface area contributed by atoms with Crippen LogP contribution in [0, 0.1) is 5.82 Å². The largest absolute Gasteiger partial charge is 0.493 e. The van der Waals surface area contributed by atoms with Gasteiger partial charge < -0.3 is 15.2 Å². The highest BCUT2D eigenvalue weighted by Crippen LogP contribution is 2.41. The number of ether oxygens (including phenoxy) is 2. The van der Waals surface area contributed by atoms with Gasteiger partial charge in [-0.05, 0) is 41.5 Å². The summed E-state index contributed by atoms with van der Waals surface area (Å²) >= 11 is 0. The lowest BCUT2D eigenvalue weighted by molar-refractivity contribution is 0.161.